The fraction of sp³-hybridized carbons (Fsp3) is 0.308. The van der Waals surface area contributed by atoms with Crippen molar-refractivity contribution < 1.29 is 13.9 Å². The molecule has 2 heterocycles. The first kappa shape index (κ1) is 14.6. The largest absolute Gasteiger partial charge is 0.462 e. The van der Waals surface area contributed by atoms with Crippen LogP contribution in [0.4, 0.5) is 4.39 Å². The molecular formula is C13H13BrFN3O2. The molecule has 0 atom stereocenters. The summed E-state index contributed by atoms with van der Waals surface area (Å²) in [4.78, 5) is 16.0. The molecule has 7 heteroatoms. The lowest BCUT2D eigenvalue weighted by molar-refractivity contribution is 0.0527. The highest BCUT2D eigenvalue weighted by Crippen LogP contribution is 2.26. The number of hydrogen-bond acceptors (Lipinski definition) is 4. The molecule has 0 aromatic carbocycles. The Morgan fingerprint density at radius 1 is 1.45 bits per heavy atom. The summed E-state index contributed by atoms with van der Waals surface area (Å²) in [5.41, 5.74) is 0.619. The highest BCUT2D eigenvalue weighted by Gasteiger charge is 2.23. The van der Waals surface area contributed by atoms with Crippen molar-refractivity contribution in [3.05, 3.63) is 34.3 Å². The predicted molar refractivity (Wildman–Crippen MR) is 74.7 cm³/mol. The van der Waals surface area contributed by atoms with Crippen LogP contribution in [0.3, 0.4) is 0 Å². The van der Waals surface area contributed by atoms with Crippen LogP contribution in [0.25, 0.3) is 11.4 Å². The second-order valence-electron chi connectivity index (χ2n) is 3.93. The quantitative estimate of drug-likeness (QED) is 0.802. The number of halogens is 2. The summed E-state index contributed by atoms with van der Waals surface area (Å²) >= 11 is 3.15. The van der Waals surface area contributed by atoms with Gasteiger partial charge in [0.05, 0.1) is 12.8 Å². The van der Waals surface area contributed by atoms with Crippen molar-refractivity contribution in [2.24, 2.45) is 0 Å². The molecule has 0 aliphatic carbocycles. The molecule has 0 aliphatic rings. The Bertz CT molecular complexity index is 643. The number of esters is 1. The topological polar surface area (TPSA) is 57.0 Å². The molecule has 0 bridgehead atoms. The summed E-state index contributed by atoms with van der Waals surface area (Å²) in [5.74, 6) is -1.06. The average molecular weight is 342 g/mol. The van der Waals surface area contributed by atoms with Crippen molar-refractivity contribution in [3.8, 4) is 11.4 Å². The first-order chi connectivity index (χ1) is 9.58. The molecule has 0 aliphatic heterocycles. The van der Waals surface area contributed by atoms with Gasteiger partial charge in [-0.15, -0.1) is 0 Å². The first-order valence-electron chi connectivity index (χ1n) is 6.12. The number of aromatic nitrogens is 3. The fourth-order valence-corrected chi connectivity index (χ4v) is 2.13. The molecule has 2 aromatic rings. The number of rotatable bonds is 4. The number of carbonyl (C=O) groups is 1. The van der Waals surface area contributed by atoms with Gasteiger partial charge < -0.3 is 4.74 Å². The van der Waals surface area contributed by atoms with Crippen molar-refractivity contribution in [3.63, 3.8) is 0 Å². The Kier molecular flexibility index (Phi) is 4.49. The highest BCUT2D eigenvalue weighted by molar-refractivity contribution is 9.10. The molecular weight excluding hydrogens is 329 g/mol. The van der Waals surface area contributed by atoms with Crippen molar-refractivity contribution in [2.45, 2.75) is 20.4 Å². The van der Waals surface area contributed by atoms with Crippen LogP contribution in [-0.2, 0) is 11.3 Å². The number of carbonyl (C=O) groups excluding carboxylic acids is 1. The SMILES string of the molecule is CCOC(=O)c1cnn(CC)c1-c1ncc(Br)cc1F. The Morgan fingerprint density at radius 2 is 2.20 bits per heavy atom. The van der Waals surface area contributed by atoms with Crippen LogP contribution in [-0.4, -0.2) is 27.3 Å². The average Bonchev–Trinajstić information content (AvgIpc) is 2.82. The molecule has 0 spiro atoms. The lowest BCUT2D eigenvalue weighted by Crippen LogP contribution is -2.09. The zero-order valence-corrected chi connectivity index (χ0v) is 12.6. The van der Waals surface area contributed by atoms with E-state index in [-0.39, 0.29) is 17.9 Å². The Labute approximate surface area is 123 Å². The second-order valence-corrected chi connectivity index (χ2v) is 4.84. The third kappa shape index (κ3) is 2.72. The van der Waals surface area contributed by atoms with Gasteiger partial charge in [-0.05, 0) is 35.8 Å². The monoisotopic (exact) mass is 341 g/mol. The van der Waals surface area contributed by atoms with Gasteiger partial charge in [-0.25, -0.2) is 9.18 Å². The summed E-state index contributed by atoms with van der Waals surface area (Å²) < 4.78 is 21.1. The van der Waals surface area contributed by atoms with Gasteiger partial charge in [-0.1, -0.05) is 0 Å². The Balaban J connectivity index is 2.59. The molecule has 0 amide bonds. The molecule has 106 valence electrons. The maximum atomic E-state index is 14.1. The number of hydrogen-bond donors (Lipinski definition) is 0. The predicted octanol–water partition coefficient (Wildman–Crippen LogP) is 3.04. The van der Waals surface area contributed by atoms with Gasteiger partial charge in [0, 0.05) is 17.2 Å². The van der Waals surface area contributed by atoms with Crippen LogP contribution in [0, 0.1) is 5.82 Å². The minimum absolute atomic E-state index is 0.0793. The standard InChI is InChI=1S/C13H13BrFN3O2/c1-3-18-12(9(7-17-18)13(19)20-4-2)11-10(15)5-8(14)6-16-11/h5-7H,3-4H2,1-2H3. The van der Waals surface area contributed by atoms with E-state index < -0.39 is 11.8 Å². The van der Waals surface area contributed by atoms with Crippen LogP contribution >= 0.6 is 15.9 Å². The van der Waals surface area contributed by atoms with E-state index in [9.17, 15) is 9.18 Å². The van der Waals surface area contributed by atoms with E-state index in [1.165, 1.54) is 23.1 Å². The molecule has 0 unspecified atom stereocenters. The molecule has 0 radical (unpaired) electrons. The summed E-state index contributed by atoms with van der Waals surface area (Å²) in [6.45, 7) is 4.29. The van der Waals surface area contributed by atoms with Gasteiger partial charge in [-0.2, -0.15) is 5.10 Å². The number of aryl methyl sites for hydroxylation is 1. The fourth-order valence-electron chi connectivity index (χ4n) is 1.82. The highest BCUT2D eigenvalue weighted by atomic mass is 79.9. The molecule has 0 saturated carbocycles. The van der Waals surface area contributed by atoms with Crippen molar-refractivity contribution >= 4 is 21.9 Å². The number of pyridine rings is 1. The van der Waals surface area contributed by atoms with Crippen LogP contribution in [0.5, 0.6) is 0 Å². The van der Waals surface area contributed by atoms with E-state index in [4.69, 9.17) is 4.74 Å². The Hall–Kier alpha value is -1.76. The lowest BCUT2D eigenvalue weighted by atomic mass is 10.1. The van der Waals surface area contributed by atoms with Crippen molar-refractivity contribution in [2.75, 3.05) is 6.61 Å². The maximum Gasteiger partial charge on any atom is 0.342 e. The van der Waals surface area contributed by atoms with Gasteiger partial charge in [-0.3, -0.25) is 9.67 Å². The van der Waals surface area contributed by atoms with Gasteiger partial charge in [0.15, 0.2) is 5.82 Å². The van der Waals surface area contributed by atoms with E-state index in [1.807, 2.05) is 6.92 Å². The van der Waals surface area contributed by atoms with E-state index in [0.29, 0.717) is 16.7 Å². The van der Waals surface area contributed by atoms with Crippen molar-refractivity contribution in [1.29, 1.82) is 0 Å². The van der Waals surface area contributed by atoms with Gasteiger partial charge in [0.25, 0.3) is 0 Å². The summed E-state index contributed by atoms with van der Waals surface area (Å²) in [7, 11) is 0. The minimum Gasteiger partial charge on any atom is -0.462 e. The summed E-state index contributed by atoms with van der Waals surface area (Å²) in [6, 6.07) is 1.30. The molecule has 2 rings (SSSR count). The number of nitrogens with zero attached hydrogens (tertiary/aromatic N) is 3. The van der Waals surface area contributed by atoms with Crippen LogP contribution in [0.15, 0.2) is 22.9 Å². The molecule has 5 nitrogen and oxygen atoms in total. The van der Waals surface area contributed by atoms with E-state index >= 15 is 0 Å². The summed E-state index contributed by atoms with van der Waals surface area (Å²) in [5, 5.41) is 4.08. The minimum atomic E-state index is -0.536. The molecule has 0 fully saturated rings. The van der Waals surface area contributed by atoms with E-state index in [2.05, 4.69) is 26.0 Å². The zero-order valence-electron chi connectivity index (χ0n) is 11.1. The van der Waals surface area contributed by atoms with Gasteiger partial charge in [0.2, 0.25) is 0 Å². The maximum absolute atomic E-state index is 14.1. The molecule has 2 aromatic heterocycles. The van der Waals surface area contributed by atoms with Gasteiger partial charge in [0.1, 0.15) is 17.0 Å². The smallest absolute Gasteiger partial charge is 0.342 e. The lowest BCUT2D eigenvalue weighted by Gasteiger charge is -2.08. The zero-order chi connectivity index (χ0) is 14.7. The summed E-state index contributed by atoms with van der Waals surface area (Å²) in [6.07, 6.45) is 2.85. The second kappa shape index (κ2) is 6.13. The molecule has 20 heavy (non-hydrogen) atoms. The Morgan fingerprint density at radius 3 is 2.80 bits per heavy atom. The van der Waals surface area contributed by atoms with Gasteiger partial charge >= 0.3 is 5.97 Å². The first-order valence-corrected chi connectivity index (χ1v) is 6.92. The van der Waals surface area contributed by atoms with Crippen LogP contribution < -0.4 is 0 Å². The van der Waals surface area contributed by atoms with E-state index in [1.54, 1.807) is 6.92 Å². The van der Waals surface area contributed by atoms with Crippen LogP contribution in [0.2, 0.25) is 0 Å². The normalized spacial score (nSPS) is 10.6. The third-order valence-corrected chi connectivity index (χ3v) is 3.10. The molecule has 0 N–H and O–H groups in total. The van der Waals surface area contributed by atoms with Crippen LogP contribution in [0.1, 0.15) is 24.2 Å². The van der Waals surface area contributed by atoms with E-state index in [0.717, 1.165) is 0 Å². The number of ether oxygens (including phenoxy) is 1. The third-order valence-electron chi connectivity index (χ3n) is 2.67. The molecule has 0 saturated heterocycles. The van der Waals surface area contributed by atoms with Crippen molar-refractivity contribution in [1.82, 2.24) is 14.8 Å².